The molecule has 31 heavy (non-hydrogen) atoms. The molecule has 0 aliphatic rings. The van der Waals surface area contributed by atoms with Gasteiger partial charge in [-0.05, 0) is 52.0 Å². The van der Waals surface area contributed by atoms with Crippen LogP contribution in [-0.2, 0) is 10.0 Å². The van der Waals surface area contributed by atoms with Gasteiger partial charge in [0.1, 0.15) is 5.69 Å². The van der Waals surface area contributed by atoms with Gasteiger partial charge in [0, 0.05) is 30.7 Å². The van der Waals surface area contributed by atoms with Crippen molar-refractivity contribution in [2.45, 2.75) is 10.9 Å². The fourth-order valence-corrected chi connectivity index (χ4v) is 4.29. The zero-order chi connectivity index (χ0) is 23.2. The maximum absolute atomic E-state index is 12.5. The maximum Gasteiger partial charge on any atom is 0.293 e. The molecule has 2 aromatic rings. The molecular weight excluding hydrogens is 442 g/mol. The molecule has 0 fully saturated rings. The Hall–Kier alpha value is -2.24. The molecule has 1 atom stereocenters. The minimum atomic E-state index is -3.86. The zero-order valence-electron chi connectivity index (χ0n) is 18.0. The molecule has 9 nitrogen and oxygen atoms in total. The lowest BCUT2D eigenvalue weighted by Crippen LogP contribution is -2.31. The van der Waals surface area contributed by atoms with Crippen LogP contribution in [-0.4, -0.2) is 71.0 Å². The molecule has 0 saturated carbocycles. The van der Waals surface area contributed by atoms with E-state index in [9.17, 15) is 18.5 Å². The van der Waals surface area contributed by atoms with E-state index in [2.05, 4.69) is 10.0 Å². The van der Waals surface area contributed by atoms with Crippen LogP contribution in [0.4, 0.5) is 11.4 Å². The van der Waals surface area contributed by atoms with Crippen LogP contribution in [0.1, 0.15) is 11.6 Å². The maximum atomic E-state index is 12.5. The molecular formula is C20H28ClN5O4S. The molecule has 0 radical (unpaired) electrons. The highest BCUT2D eigenvalue weighted by atomic mass is 35.5. The number of nitro groups is 1. The molecule has 0 aliphatic carbocycles. The monoisotopic (exact) mass is 469 g/mol. The fourth-order valence-electron chi connectivity index (χ4n) is 2.99. The molecule has 0 saturated heterocycles. The van der Waals surface area contributed by atoms with Gasteiger partial charge < -0.3 is 15.1 Å². The van der Waals surface area contributed by atoms with Gasteiger partial charge in [0.05, 0.1) is 15.9 Å². The minimum absolute atomic E-state index is 0.149. The summed E-state index contributed by atoms with van der Waals surface area (Å²) in [4.78, 5) is 14.7. The first-order chi connectivity index (χ1) is 14.5. The number of nitrogens with one attached hydrogen (secondary N) is 2. The second-order valence-electron chi connectivity index (χ2n) is 7.52. The van der Waals surface area contributed by atoms with Crippen LogP contribution in [0.5, 0.6) is 0 Å². The first-order valence-electron chi connectivity index (χ1n) is 9.60. The second-order valence-corrected chi connectivity index (χ2v) is 9.69. The van der Waals surface area contributed by atoms with E-state index in [4.69, 9.17) is 11.6 Å². The van der Waals surface area contributed by atoms with Gasteiger partial charge in [-0.1, -0.05) is 29.8 Å². The standard InChI is InChI=1S/C20H28ClN5O4S/c1-24(2)12-11-23-31(29,30)15-9-10-18(19(13-15)26(27)28)22-14-20(25(3)4)16-7-5-6-8-17(16)21/h5-10,13,20,22-23H,11-12,14H2,1-4H3. The summed E-state index contributed by atoms with van der Waals surface area (Å²) < 4.78 is 27.4. The van der Waals surface area contributed by atoms with E-state index in [1.807, 2.05) is 56.2 Å². The fraction of sp³-hybridized carbons (Fsp3) is 0.400. The molecule has 0 bridgehead atoms. The highest BCUT2D eigenvalue weighted by Gasteiger charge is 2.23. The Labute approximate surface area is 188 Å². The molecule has 2 N–H and O–H groups in total. The van der Waals surface area contributed by atoms with Gasteiger partial charge in [-0.3, -0.25) is 10.1 Å². The number of rotatable bonds is 11. The summed E-state index contributed by atoms with van der Waals surface area (Å²) in [6, 6.07) is 11.1. The van der Waals surface area contributed by atoms with Crippen molar-refractivity contribution in [3.8, 4) is 0 Å². The Morgan fingerprint density at radius 2 is 1.81 bits per heavy atom. The van der Waals surface area contributed by atoms with Gasteiger partial charge in [-0.2, -0.15) is 0 Å². The van der Waals surface area contributed by atoms with Crippen molar-refractivity contribution in [1.82, 2.24) is 14.5 Å². The van der Waals surface area contributed by atoms with Gasteiger partial charge in [-0.25, -0.2) is 13.1 Å². The third-order valence-electron chi connectivity index (χ3n) is 4.70. The first-order valence-corrected chi connectivity index (χ1v) is 11.5. The smallest absolute Gasteiger partial charge is 0.293 e. The summed E-state index contributed by atoms with van der Waals surface area (Å²) in [5, 5.41) is 15.3. The lowest BCUT2D eigenvalue weighted by Gasteiger charge is -2.26. The molecule has 0 aliphatic heterocycles. The summed E-state index contributed by atoms with van der Waals surface area (Å²) >= 11 is 6.32. The van der Waals surface area contributed by atoms with Crippen molar-refractivity contribution < 1.29 is 13.3 Å². The number of hydrogen-bond donors (Lipinski definition) is 2. The lowest BCUT2D eigenvalue weighted by atomic mass is 10.1. The van der Waals surface area contributed by atoms with Crippen molar-refractivity contribution in [2.75, 3.05) is 53.1 Å². The van der Waals surface area contributed by atoms with Crippen molar-refractivity contribution in [3.63, 3.8) is 0 Å². The Balaban J connectivity index is 2.25. The predicted molar refractivity (Wildman–Crippen MR) is 123 cm³/mol. The van der Waals surface area contributed by atoms with Crippen molar-refractivity contribution >= 4 is 33.0 Å². The summed E-state index contributed by atoms with van der Waals surface area (Å²) in [6.45, 7) is 1.05. The summed E-state index contributed by atoms with van der Waals surface area (Å²) in [5.41, 5.74) is 0.803. The molecule has 170 valence electrons. The van der Waals surface area contributed by atoms with E-state index in [1.165, 1.54) is 12.1 Å². The molecule has 2 aromatic carbocycles. The van der Waals surface area contributed by atoms with Crippen molar-refractivity contribution in [2.24, 2.45) is 0 Å². The van der Waals surface area contributed by atoms with E-state index in [0.717, 1.165) is 11.6 Å². The molecule has 0 heterocycles. The number of sulfonamides is 1. The van der Waals surface area contributed by atoms with E-state index in [1.54, 1.807) is 6.07 Å². The van der Waals surface area contributed by atoms with Crippen LogP contribution < -0.4 is 10.0 Å². The van der Waals surface area contributed by atoms with E-state index < -0.39 is 14.9 Å². The molecule has 1 unspecified atom stereocenters. The van der Waals surface area contributed by atoms with Crippen molar-refractivity contribution in [3.05, 3.63) is 63.2 Å². The highest BCUT2D eigenvalue weighted by molar-refractivity contribution is 7.89. The minimum Gasteiger partial charge on any atom is -0.378 e. The topological polar surface area (TPSA) is 108 Å². The van der Waals surface area contributed by atoms with E-state index in [-0.39, 0.29) is 28.9 Å². The van der Waals surface area contributed by atoms with Crippen LogP contribution in [0.3, 0.4) is 0 Å². The normalized spacial score (nSPS) is 12.9. The van der Waals surface area contributed by atoms with Gasteiger partial charge in [0.25, 0.3) is 5.69 Å². The molecule has 2 rings (SSSR count). The molecule has 11 heteroatoms. The SMILES string of the molecule is CN(C)CCNS(=O)(=O)c1ccc(NCC(c2ccccc2Cl)N(C)C)c([N+](=O)[O-])c1. The van der Waals surface area contributed by atoms with Gasteiger partial charge >= 0.3 is 0 Å². The number of nitro benzene ring substituents is 1. The molecule has 0 aromatic heterocycles. The summed E-state index contributed by atoms with van der Waals surface area (Å²) in [6.07, 6.45) is 0. The second kappa shape index (κ2) is 10.9. The van der Waals surface area contributed by atoms with E-state index >= 15 is 0 Å². The van der Waals surface area contributed by atoms with Crippen LogP contribution in [0.25, 0.3) is 0 Å². The summed E-state index contributed by atoms with van der Waals surface area (Å²) in [7, 11) is 3.56. The quantitative estimate of drug-likeness (QED) is 0.384. The van der Waals surface area contributed by atoms with Gasteiger partial charge in [-0.15, -0.1) is 0 Å². The summed E-state index contributed by atoms with van der Waals surface area (Å²) in [5.74, 6) is 0. The number of halogens is 1. The number of nitrogens with zero attached hydrogens (tertiary/aromatic N) is 3. The molecule has 0 amide bonds. The highest BCUT2D eigenvalue weighted by Crippen LogP contribution is 2.30. The first kappa shape index (κ1) is 25.0. The zero-order valence-corrected chi connectivity index (χ0v) is 19.6. The average molecular weight is 470 g/mol. The van der Waals surface area contributed by atoms with Gasteiger partial charge in [0.15, 0.2) is 0 Å². The number of likely N-dealkylation sites (N-methyl/N-ethyl adjacent to an activating group) is 2. The Morgan fingerprint density at radius 3 is 2.39 bits per heavy atom. The third-order valence-corrected chi connectivity index (χ3v) is 6.50. The third kappa shape index (κ3) is 6.88. The van der Waals surface area contributed by atoms with E-state index in [0.29, 0.717) is 18.1 Å². The largest absolute Gasteiger partial charge is 0.378 e. The van der Waals surface area contributed by atoms with Gasteiger partial charge in [0.2, 0.25) is 10.0 Å². The van der Waals surface area contributed by atoms with Crippen LogP contribution in [0.15, 0.2) is 47.4 Å². The van der Waals surface area contributed by atoms with Crippen molar-refractivity contribution in [1.29, 1.82) is 0 Å². The number of benzene rings is 2. The van der Waals surface area contributed by atoms with Crippen LogP contribution in [0.2, 0.25) is 5.02 Å². The Bertz CT molecular complexity index is 1010. The number of anilines is 1. The Kier molecular flexibility index (Phi) is 8.78. The Morgan fingerprint density at radius 1 is 1.13 bits per heavy atom. The lowest BCUT2D eigenvalue weighted by molar-refractivity contribution is -0.384. The number of hydrogen-bond acceptors (Lipinski definition) is 7. The average Bonchev–Trinajstić information content (AvgIpc) is 2.68. The molecule has 0 spiro atoms. The van der Waals surface area contributed by atoms with Crippen LogP contribution in [0, 0.1) is 10.1 Å². The van der Waals surface area contributed by atoms with Crippen LogP contribution >= 0.6 is 11.6 Å². The predicted octanol–water partition coefficient (Wildman–Crippen LogP) is 2.80.